The molecule has 1 amide bonds. The quantitative estimate of drug-likeness (QED) is 0.891. The molecular formula is C17H19Cl2N3O2. The Hall–Kier alpha value is -1.56. The van der Waals surface area contributed by atoms with Gasteiger partial charge in [-0.2, -0.15) is 5.10 Å². The van der Waals surface area contributed by atoms with E-state index in [1.54, 1.807) is 23.2 Å². The number of nitrogens with one attached hydrogen (secondary N) is 1. The molecule has 5 nitrogen and oxygen atoms in total. The third-order valence-corrected chi connectivity index (χ3v) is 4.86. The van der Waals surface area contributed by atoms with Gasteiger partial charge in [0.1, 0.15) is 6.10 Å². The molecule has 0 unspecified atom stereocenters. The smallest absolute Gasteiger partial charge is 0.257 e. The van der Waals surface area contributed by atoms with Crippen molar-refractivity contribution >= 4 is 29.1 Å². The van der Waals surface area contributed by atoms with Crippen molar-refractivity contribution in [2.75, 3.05) is 19.7 Å². The summed E-state index contributed by atoms with van der Waals surface area (Å²) in [7, 11) is 0. The van der Waals surface area contributed by atoms with Crippen LogP contribution in [0.25, 0.3) is 0 Å². The Morgan fingerprint density at radius 3 is 3.00 bits per heavy atom. The third-order valence-electron chi connectivity index (χ3n) is 4.12. The molecule has 1 aromatic heterocycles. The lowest BCUT2D eigenvalue weighted by molar-refractivity contribution is -0.0228. The number of hydrogen-bond donors (Lipinski definition) is 1. The number of morpholine rings is 1. The van der Waals surface area contributed by atoms with Crippen LogP contribution in [0.5, 0.6) is 0 Å². The minimum absolute atomic E-state index is 0.0134. The lowest BCUT2D eigenvalue weighted by Crippen LogP contribution is -2.42. The highest BCUT2D eigenvalue weighted by Gasteiger charge is 2.28. The van der Waals surface area contributed by atoms with Crippen molar-refractivity contribution in [3.05, 3.63) is 51.3 Å². The molecule has 128 valence electrons. The second-order valence-electron chi connectivity index (χ2n) is 5.80. The van der Waals surface area contributed by atoms with Crippen LogP contribution in [0.4, 0.5) is 0 Å². The Morgan fingerprint density at radius 2 is 2.25 bits per heavy atom. The number of halogens is 2. The summed E-state index contributed by atoms with van der Waals surface area (Å²) in [5.41, 5.74) is 2.45. The van der Waals surface area contributed by atoms with E-state index in [1.165, 1.54) is 0 Å². The van der Waals surface area contributed by atoms with Gasteiger partial charge < -0.3 is 9.64 Å². The van der Waals surface area contributed by atoms with E-state index in [-0.39, 0.29) is 12.0 Å². The predicted octanol–water partition coefficient (Wildman–Crippen LogP) is 3.88. The van der Waals surface area contributed by atoms with Crippen LogP contribution in [0.15, 0.2) is 24.4 Å². The van der Waals surface area contributed by atoms with E-state index >= 15 is 0 Å². The number of nitrogens with zero attached hydrogens (tertiary/aromatic N) is 2. The summed E-state index contributed by atoms with van der Waals surface area (Å²) in [5.74, 6) is -0.0134. The summed E-state index contributed by atoms with van der Waals surface area (Å²) in [6.45, 7) is 3.60. The number of aromatic nitrogens is 2. The van der Waals surface area contributed by atoms with Gasteiger partial charge in [-0.15, -0.1) is 0 Å². The van der Waals surface area contributed by atoms with Crippen molar-refractivity contribution in [3.63, 3.8) is 0 Å². The lowest BCUT2D eigenvalue weighted by atomic mass is 10.1. The summed E-state index contributed by atoms with van der Waals surface area (Å²) >= 11 is 12.1. The number of amides is 1. The second-order valence-corrected chi connectivity index (χ2v) is 6.61. The van der Waals surface area contributed by atoms with Gasteiger partial charge in [0.2, 0.25) is 0 Å². The van der Waals surface area contributed by atoms with Gasteiger partial charge in [0.15, 0.2) is 0 Å². The topological polar surface area (TPSA) is 58.2 Å². The maximum Gasteiger partial charge on any atom is 0.257 e. The first-order valence-electron chi connectivity index (χ1n) is 7.98. The van der Waals surface area contributed by atoms with Crippen LogP contribution >= 0.6 is 23.2 Å². The molecule has 1 fully saturated rings. The molecule has 1 aliphatic rings. The highest BCUT2D eigenvalue weighted by atomic mass is 35.5. The zero-order valence-electron chi connectivity index (χ0n) is 13.4. The van der Waals surface area contributed by atoms with E-state index < -0.39 is 0 Å². The highest BCUT2D eigenvalue weighted by molar-refractivity contribution is 6.42. The van der Waals surface area contributed by atoms with E-state index in [1.807, 2.05) is 6.07 Å². The van der Waals surface area contributed by atoms with Crippen LogP contribution < -0.4 is 0 Å². The Bertz CT molecular complexity index is 732. The largest absolute Gasteiger partial charge is 0.370 e. The van der Waals surface area contributed by atoms with E-state index in [2.05, 4.69) is 17.1 Å². The highest BCUT2D eigenvalue weighted by Crippen LogP contribution is 2.29. The van der Waals surface area contributed by atoms with Crippen LogP contribution in [0, 0.1) is 0 Å². The average Bonchev–Trinajstić information content (AvgIpc) is 3.05. The maximum atomic E-state index is 12.8. The van der Waals surface area contributed by atoms with E-state index in [0.29, 0.717) is 35.3 Å². The van der Waals surface area contributed by atoms with Crippen molar-refractivity contribution < 1.29 is 9.53 Å². The molecule has 1 aromatic carbocycles. The van der Waals surface area contributed by atoms with Gasteiger partial charge in [-0.05, 0) is 24.1 Å². The van der Waals surface area contributed by atoms with Crippen LogP contribution in [-0.2, 0) is 11.2 Å². The molecule has 0 saturated carbocycles. The summed E-state index contributed by atoms with van der Waals surface area (Å²) < 4.78 is 5.82. The van der Waals surface area contributed by atoms with Gasteiger partial charge in [0, 0.05) is 12.2 Å². The number of rotatable bonds is 4. The van der Waals surface area contributed by atoms with Crippen LogP contribution in [0.2, 0.25) is 10.0 Å². The summed E-state index contributed by atoms with van der Waals surface area (Å²) in [4.78, 5) is 14.6. The normalized spacial score (nSPS) is 18.0. The number of hydrogen-bond acceptors (Lipinski definition) is 3. The Morgan fingerprint density at radius 1 is 1.42 bits per heavy atom. The SMILES string of the molecule is CCCc1[nH]ncc1C(=O)N1CCO[C@H](c2ccc(Cl)c(Cl)c2)C1. The molecule has 1 N–H and O–H groups in total. The summed E-state index contributed by atoms with van der Waals surface area (Å²) in [5, 5.41) is 7.94. The van der Waals surface area contributed by atoms with Crippen molar-refractivity contribution in [1.82, 2.24) is 15.1 Å². The van der Waals surface area contributed by atoms with E-state index in [0.717, 1.165) is 24.1 Å². The molecule has 7 heteroatoms. The Kier molecular flexibility index (Phi) is 5.43. The van der Waals surface area contributed by atoms with Crippen molar-refractivity contribution in [2.24, 2.45) is 0 Å². The molecule has 1 aliphatic heterocycles. The van der Waals surface area contributed by atoms with Gasteiger partial charge in [0.25, 0.3) is 5.91 Å². The van der Waals surface area contributed by atoms with E-state index in [9.17, 15) is 4.79 Å². The number of carbonyl (C=O) groups excluding carboxylic acids is 1. The number of aryl methyl sites for hydroxylation is 1. The first-order valence-corrected chi connectivity index (χ1v) is 8.73. The fourth-order valence-corrected chi connectivity index (χ4v) is 3.16. The zero-order chi connectivity index (χ0) is 17.1. The number of benzene rings is 1. The van der Waals surface area contributed by atoms with Crippen molar-refractivity contribution in [2.45, 2.75) is 25.9 Å². The average molecular weight is 368 g/mol. The number of ether oxygens (including phenoxy) is 1. The van der Waals surface area contributed by atoms with Crippen LogP contribution in [-0.4, -0.2) is 40.7 Å². The molecule has 3 rings (SSSR count). The fourth-order valence-electron chi connectivity index (χ4n) is 2.86. The molecule has 0 spiro atoms. The molecule has 2 heterocycles. The van der Waals surface area contributed by atoms with Gasteiger partial charge in [-0.1, -0.05) is 42.6 Å². The van der Waals surface area contributed by atoms with Crippen molar-refractivity contribution in [1.29, 1.82) is 0 Å². The van der Waals surface area contributed by atoms with Gasteiger partial charge in [0.05, 0.1) is 35.0 Å². The molecule has 24 heavy (non-hydrogen) atoms. The molecule has 0 bridgehead atoms. The first kappa shape index (κ1) is 17.3. The minimum Gasteiger partial charge on any atom is -0.370 e. The summed E-state index contributed by atoms with van der Waals surface area (Å²) in [6.07, 6.45) is 3.16. The molecule has 2 aromatic rings. The zero-order valence-corrected chi connectivity index (χ0v) is 14.9. The van der Waals surface area contributed by atoms with Gasteiger partial charge >= 0.3 is 0 Å². The van der Waals surface area contributed by atoms with E-state index in [4.69, 9.17) is 27.9 Å². The van der Waals surface area contributed by atoms with Crippen LogP contribution in [0.1, 0.15) is 41.1 Å². The van der Waals surface area contributed by atoms with Crippen LogP contribution in [0.3, 0.4) is 0 Å². The standard InChI is InChI=1S/C17H19Cl2N3O2/c1-2-3-15-12(9-20-21-15)17(23)22-6-7-24-16(10-22)11-4-5-13(18)14(19)8-11/h4-5,8-9,16H,2-3,6-7,10H2,1H3,(H,20,21)/t16-/m0/s1. The lowest BCUT2D eigenvalue weighted by Gasteiger charge is -2.33. The third kappa shape index (κ3) is 3.58. The number of carbonyl (C=O) groups is 1. The maximum absolute atomic E-state index is 12.8. The Balaban J connectivity index is 1.76. The number of H-pyrrole nitrogens is 1. The molecule has 1 saturated heterocycles. The summed E-state index contributed by atoms with van der Waals surface area (Å²) in [6, 6.07) is 5.43. The van der Waals surface area contributed by atoms with Crippen molar-refractivity contribution in [3.8, 4) is 0 Å². The van der Waals surface area contributed by atoms with Gasteiger partial charge in [-0.25, -0.2) is 0 Å². The molecular weight excluding hydrogens is 349 g/mol. The van der Waals surface area contributed by atoms with Gasteiger partial charge in [-0.3, -0.25) is 9.89 Å². The first-order chi connectivity index (χ1) is 11.6. The monoisotopic (exact) mass is 367 g/mol. The molecule has 0 radical (unpaired) electrons. The molecule has 0 aliphatic carbocycles. The second kappa shape index (κ2) is 7.55. The molecule has 1 atom stereocenters. The number of aromatic amines is 1. The minimum atomic E-state index is -0.209. The Labute approximate surface area is 150 Å². The fraction of sp³-hybridized carbons (Fsp3) is 0.412. The predicted molar refractivity (Wildman–Crippen MR) is 93.6 cm³/mol.